The summed E-state index contributed by atoms with van der Waals surface area (Å²) < 4.78 is 1.02. The number of fused-ring (bicyclic) bond motifs is 1. The van der Waals surface area contributed by atoms with Gasteiger partial charge in [0, 0.05) is 23.2 Å². The lowest BCUT2D eigenvalue weighted by Gasteiger charge is -2.08. The Balaban J connectivity index is 1.96. The van der Waals surface area contributed by atoms with Crippen molar-refractivity contribution in [2.24, 2.45) is 5.92 Å². The average Bonchev–Trinajstić information content (AvgIpc) is 2.81. The quantitative estimate of drug-likeness (QED) is 0.799. The fraction of sp³-hybridized carbons (Fsp3) is 0.400. The summed E-state index contributed by atoms with van der Waals surface area (Å²) in [6, 6.07) is 7.74. The Kier molecular flexibility index (Phi) is 5.40. The molecule has 1 aromatic carbocycles. The van der Waals surface area contributed by atoms with Crippen molar-refractivity contribution in [2.45, 2.75) is 19.8 Å². The second kappa shape index (κ2) is 7.07. The zero-order valence-corrected chi connectivity index (χ0v) is 12.9. The van der Waals surface area contributed by atoms with Crippen molar-refractivity contribution >= 4 is 38.9 Å². The van der Waals surface area contributed by atoms with Crippen molar-refractivity contribution < 1.29 is 9.90 Å². The van der Waals surface area contributed by atoms with E-state index in [1.807, 2.05) is 31.2 Å². The lowest BCUT2D eigenvalue weighted by Crippen LogP contribution is -2.24. The minimum atomic E-state index is -0.118. The van der Waals surface area contributed by atoms with Crippen LogP contribution in [0, 0.1) is 5.92 Å². The highest BCUT2D eigenvalue weighted by molar-refractivity contribution is 7.21. The van der Waals surface area contributed by atoms with Gasteiger partial charge in [0.15, 0.2) is 0 Å². The minimum absolute atomic E-state index is 0.118. The molecule has 0 aliphatic carbocycles. The van der Waals surface area contributed by atoms with Gasteiger partial charge in [0.1, 0.15) is 4.88 Å². The van der Waals surface area contributed by atoms with E-state index in [-0.39, 0.29) is 18.4 Å². The monoisotopic (exact) mass is 311 g/mol. The number of benzene rings is 1. The topological polar surface area (TPSA) is 49.3 Å². The van der Waals surface area contributed by atoms with E-state index in [2.05, 4.69) is 5.32 Å². The third-order valence-corrected chi connectivity index (χ3v) is 4.89. The summed E-state index contributed by atoms with van der Waals surface area (Å²) in [6.07, 6.45) is 1.76. The fourth-order valence-electron chi connectivity index (χ4n) is 1.98. The van der Waals surface area contributed by atoms with Gasteiger partial charge in [-0.1, -0.05) is 36.7 Å². The molecular formula is C15H18ClNO2S. The van der Waals surface area contributed by atoms with Crippen LogP contribution in [0.1, 0.15) is 29.4 Å². The molecule has 1 atom stereocenters. The van der Waals surface area contributed by atoms with Gasteiger partial charge >= 0.3 is 0 Å². The summed E-state index contributed by atoms with van der Waals surface area (Å²) in [5, 5.41) is 13.3. The SMILES string of the molecule is CC(CO)CCCNC(=O)c1sc2ccccc2c1Cl. The predicted molar refractivity (Wildman–Crippen MR) is 84.7 cm³/mol. The molecule has 2 aromatic rings. The molecule has 5 heteroatoms. The van der Waals surface area contributed by atoms with Gasteiger partial charge in [0.2, 0.25) is 0 Å². The third-order valence-electron chi connectivity index (χ3n) is 3.21. The zero-order chi connectivity index (χ0) is 14.5. The first-order valence-electron chi connectivity index (χ1n) is 6.69. The molecule has 0 aliphatic heterocycles. The molecule has 1 unspecified atom stereocenters. The van der Waals surface area contributed by atoms with E-state index in [0.29, 0.717) is 16.4 Å². The van der Waals surface area contributed by atoms with Crippen LogP contribution < -0.4 is 5.32 Å². The average molecular weight is 312 g/mol. The van der Waals surface area contributed by atoms with E-state index < -0.39 is 0 Å². The number of carbonyl (C=O) groups excluding carboxylic acids is 1. The van der Waals surface area contributed by atoms with Gasteiger partial charge in [-0.3, -0.25) is 4.79 Å². The summed E-state index contributed by atoms with van der Waals surface area (Å²) in [4.78, 5) is 12.7. The maximum absolute atomic E-state index is 12.1. The maximum atomic E-state index is 12.1. The van der Waals surface area contributed by atoms with Crippen LogP contribution in [0.5, 0.6) is 0 Å². The number of aliphatic hydroxyl groups is 1. The van der Waals surface area contributed by atoms with Gasteiger partial charge in [-0.2, -0.15) is 0 Å². The second-order valence-corrected chi connectivity index (χ2v) is 6.36. The van der Waals surface area contributed by atoms with Crippen LogP contribution in [0.2, 0.25) is 5.02 Å². The molecule has 3 nitrogen and oxygen atoms in total. The lowest BCUT2D eigenvalue weighted by atomic mass is 10.1. The molecule has 2 N–H and O–H groups in total. The summed E-state index contributed by atoms with van der Waals surface area (Å²) in [5.41, 5.74) is 0. The van der Waals surface area contributed by atoms with Crippen LogP contribution in [0.4, 0.5) is 0 Å². The fourth-order valence-corrected chi connectivity index (χ4v) is 3.42. The molecule has 1 amide bonds. The van der Waals surface area contributed by atoms with Crippen molar-refractivity contribution in [3.63, 3.8) is 0 Å². The summed E-state index contributed by atoms with van der Waals surface area (Å²) in [6.45, 7) is 2.79. The van der Waals surface area contributed by atoms with Crippen LogP contribution >= 0.6 is 22.9 Å². The van der Waals surface area contributed by atoms with E-state index in [0.717, 1.165) is 22.9 Å². The minimum Gasteiger partial charge on any atom is -0.396 e. The van der Waals surface area contributed by atoms with Crippen molar-refractivity contribution in [1.29, 1.82) is 0 Å². The van der Waals surface area contributed by atoms with Crippen LogP contribution in [0.15, 0.2) is 24.3 Å². The third kappa shape index (κ3) is 3.51. The smallest absolute Gasteiger partial charge is 0.262 e. The highest BCUT2D eigenvalue weighted by atomic mass is 35.5. The van der Waals surface area contributed by atoms with E-state index in [9.17, 15) is 4.79 Å². The summed E-state index contributed by atoms with van der Waals surface area (Å²) in [5.74, 6) is 0.160. The van der Waals surface area contributed by atoms with Crippen molar-refractivity contribution in [1.82, 2.24) is 5.32 Å². The number of carbonyl (C=O) groups is 1. The first-order chi connectivity index (χ1) is 9.63. The largest absolute Gasteiger partial charge is 0.396 e. The van der Waals surface area contributed by atoms with Gasteiger partial charge < -0.3 is 10.4 Å². The highest BCUT2D eigenvalue weighted by Gasteiger charge is 2.16. The molecule has 0 radical (unpaired) electrons. The molecule has 0 fully saturated rings. The van der Waals surface area contributed by atoms with E-state index in [1.165, 1.54) is 11.3 Å². The number of halogens is 1. The number of rotatable bonds is 6. The van der Waals surface area contributed by atoms with E-state index in [1.54, 1.807) is 0 Å². The predicted octanol–water partition coefficient (Wildman–Crippen LogP) is 3.69. The number of aliphatic hydroxyl groups excluding tert-OH is 1. The lowest BCUT2D eigenvalue weighted by molar-refractivity contribution is 0.0956. The van der Waals surface area contributed by atoms with Gasteiger partial charge in [-0.25, -0.2) is 0 Å². The second-order valence-electron chi connectivity index (χ2n) is 4.93. The molecule has 1 heterocycles. The van der Waals surface area contributed by atoms with Gasteiger partial charge in [0.25, 0.3) is 5.91 Å². The molecule has 0 saturated heterocycles. The molecule has 0 saturated carbocycles. The summed E-state index contributed by atoms with van der Waals surface area (Å²) >= 11 is 7.67. The number of thiophene rings is 1. The van der Waals surface area contributed by atoms with Crippen LogP contribution in [-0.4, -0.2) is 24.2 Å². The van der Waals surface area contributed by atoms with Crippen molar-refractivity contribution in [3.05, 3.63) is 34.2 Å². The van der Waals surface area contributed by atoms with E-state index in [4.69, 9.17) is 16.7 Å². The molecular weight excluding hydrogens is 294 g/mol. The number of nitrogens with one attached hydrogen (secondary N) is 1. The molecule has 0 spiro atoms. The van der Waals surface area contributed by atoms with Gasteiger partial charge in [0.05, 0.1) is 5.02 Å². The molecule has 0 bridgehead atoms. The number of hydrogen-bond acceptors (Lipinski definition) is 3. The first-order valence-corrected chi connectivity index (χ1v) is 7.89. The van der Waals surface area contributed by atoms with Crippen molar-refractivity contribution in [2.75, 3.05) is 13.2 Å². The normalized spacial score (nSPS) is 12.6. The number of amides is 1. The highest BCUT2D eigenvalue weighted by Crippen LogP contribution is 2.34. The Hall–Kier alpha value is -1.10. The molecule has 0 aliphatic rings. The Bertz CT molecular complexity index is 597. The Morgan fingerprint density at radius 1 is 1.45 bits per heavy atom. The first kappa shape index (κ1) is 15.3. The molecule has 108 valence electrons. The Morgan fingerprint density at radius 2 is 2.20 bits per heavy atom. The Labute approximate surface area is 127 Å². The van der Waals surface area contributed by atoms with Crippen molar-refractivity contribution in [3.8, 4) is 0 Å². The van der Waals surface area contributed by atoms with Gasteiger partial charge in [-0.05, 0) is 24.8 Å². The molecule has 20 heavy (non-hydrogen) atoms. The Morgan fingerprint density at radius 3 is 2.90 bits per heavy atom. The molecule has 1 aromatic heterocycles. The standard InChI is InChI=1S/C15H18ClNO2S/c1-10(9-18)5-4-8-17-15(19)14-13(16)11-6-2-3-7-12(11)20-14/h2-3,6-7,10,18H,4-5,8-9H2,1H3,(H,17,19). The van der Waals surface area contributed by atoms with E-state index >= 15 is 0 Å². The van der Waals surface area contributed by atoms with Gasteiger partial charge in [-0.15, -0.1) is 11.3 Å². The number of hydrogen-bond donors (Lipinski definition) is 2. The summed E-state index contributed by atoms with van der Waals surface area (Å²) in [7, 11) is 0. The maximum Gasteiger partial charge on any atom is 0.262 e. The van der Waals surface area contributed by atoms with Crippen LogP contribution in [0.3, 0.4) is 0 Å². The zero-order valence-electron chi connectivity index (χ0n) is 11.4. The van der Waals surface area contributed by atoms with Crippen LogP contribution in [-0.2, 0) is 0 Å². The van der Waals surface area contributed by atoms with Crippen LogP contribution in [0.25, 0.3) is 10.1 Å². The molecule has 2 rings (SSSR count).